The van der Waals surface area contributed by atoms with Gasteiger partial charge < -0.3 is 10.1 Å². The van der Waals surface area contributed by atoms with Gasteiger partial charge >= 0.3 is 0 Å². The number of ether oxygens (including phenoxy) is 1. The van der Waals surface area contributed by atoms with Crippen LogP contribution >= 0.6 is 11.6 Å². The van der Waals surface area contributed by atoms with Crippen molar-refractivity contribution in [1.82, 2.24) is 10.9 Å². The summed E-state index contributed by atoms with van der Waals surface area (Å²) in [5.41, 5.74) is 5.51. The number of carbonyl (C=O) groups excluding carboxylic acids is 2. The molecule has 1 fully saturated rings. The normalized spacial score (nSPS) is 18.3. The first-order valence-corrected chi connectivity index (χ1v) is 5.66. The van der Waals surface area contributed by atoms with Crippen molar-refractivity contribution in [2.75, 3.05) is 12.4 Å². The van der Waals surface area contributed by atoms with Crippen LogP contribution in [0.4, 0.5) is 5.69 Å². The predicted octanol–water partition coefficient (Wildman–Crippen LogP) is 0.680. The van der Waals surface area contributed by atoms with Crippen molar-refractivity contribution in [2.45, 2.75) is 12.5 Å². The van der Waals surface area contributed by atoms with E-state index in [1.54, 1.807) is 18.2 Å². The van der Waals surface area contributed by atoms with Crippen molar-refractivity contribution in [3.05, 3.63) is 23.2 Å². The van der Waals surface area contributed by atoms with E-state index in [0.717, 1.165) is 0 Å². The molecule has 1 aliphatic heterocycles. The fourth-order valence-corrected chi connectivity index (χ4v) is 1.84. The number of anilines is 1. The molecular formula is C11H12ClN3O3. The van der Waals surface area contributed by atoms with E-state index in [0.29, 0.717) is 16.5 Å². The van der Waals surface area contributed by atoms with E-state index >= 15 is 0 Å². The van der Waals surface area contributed by atoms with Gasteiger partial charge in [0.25, 0.3) is 0 Å². The van der Waals surface area contributed by atoms with Crippen molar-refractivity contribution < 1.29 is 14.3 Å². The number of hydrogen-bond acceptors (Lipinski definition) is 4. The van der Waals surface area contributed by atoms with E-state index in [1.807, 2.05) is 0 Å². The number of benzene rings is 1. The van der Waals surface area contributed by atoms with Crippen LogP contribution < -0.4 is 20.9 Å². The maximum atomic E-state index is 11.8. The predicted molar refractivity (Wildman–Crippen MR) is 66.3 cm³/mol. The third kappa shape index (κ3) is 2.72. The average molecular weight is 270 g/mol. The number of hydrogen-bond donors (Lipinski definition) is 3. The molecule has 1 atom stereocenters. The zero-order valence-electron chi connectivity index (χ0n) is 9.62. The van der Waals surface area contributed by atoms with Crippen molar-refractivity contribution in [2.24, 2.45) is 0 Å². The smallest absolute Gasteiger partial charge is 0.243 e. The molecule has 0 bridgehead atoms. The Morgan fingerprint density at radius 1 is 1.56 bits per heavy atom. The van der Waals surface area contributed by atoms with Crippen LogP contribution in [0.15, 0.2) is 18.2 Å². The first-order chi connectivity index (χ1) is 8.60. The number of rotatable bonds is 3. The van der Waals surface area contributed by atoms with Crippen molar-refractivity contribution in [3.63, 3.8) is 0 Å². The van der Waals surface area contributed by atoms with Crippen molar-refractivity contribution >= 4 is 29.1 Å². The average Bonchev–Trinajstić information content (AvgIpc) is 2.76. The molecule has 6 nitrogen and oxygen atoms in total. The molecule has 2 rings (SSSR count). The van der Waals surface area contributed by atoms with E-state index in [-0.39, 0.29) is 18.2 Å². The fourth-order valence-electron chi connectivity index (χ4n) is 1.59. The van der Waals surface area contributed by atoms with Crippen LogP contribution in [0.2, 0.25) is 5.02 Å². The zero-order valence-corrected chi connectivity index (χ0v) is 10.4. The Labute approximate surface area is 109 Å². The van der Waals surface area contributed by atoms with Gasteiger partial charge in [-0.05, 0) is 18.2 Å². The van der Waals surface area contributed by atoms with Gasteiger partial charge in [0, 0.05) is 5.69 Å². The minimum absolute atomic E-state index is 0.121. The Kier molecular flexibility index (Phi) is 3.69. The van der Waals surface area contributed by atoms with Gasteiger partial charge in [-0.2, -0.15) is 0 Å². The Balaban J connectivity index is 2.03. The number of carbonyl (C=O) groups is 2. The number of hydrazine groups is 1. The molecule has 18 heavy (non-hydrogen) atoms. The Morgan fingerprint density at radius 2 is 2.33 bits per heavy atom. The van der Waals surface area contributed by atoms with Crippen molar-refractivity contribution in [3.8, 4) is 5.75 Å². The molecule has 2 amide bonds. The molecule has 3 N–H and O–H groups in total. The standard InChI is InChI=1S/C11H12ClN3O3/c1-18-9-3-2-6(4-7(9)12)13-11(17)8-5-10(16)15-14-8/h2-4,8,14H,5H2,1H3,(H,13,17)(H,15,16). The largest absolute Gasteiger partial charge is 0.495 e. The first-order valence-electron chi connectivity index (χ1n) is 5.29. The molecular weight excluding hydrogens is 258 g/mol. The van der Waals surface area contributed by atoms with Gasteiger partial charge in [0.1, 0.15) is 11.8 Å². The molecule has 1 heterocycles. The third-order valence-electron chi connectivity index (χ3n) is 2.51. The van der Waals surface area contributed by atoms with E-state index in [4.69, 9.17) is 16.3 Å². The summed E-state index contributed by atoms with van der Waals surface area (Å²) in [6.07, 6.45) is 0.121. The Hall–Kier alpha value is -1.79. The van der Waals surface area contributed by atoms with Gasteiger partial charge in [0.2, 0.25) is 11.8 Å². The van der Waals surface area contributed by atoms with Gasteiger partial charge in [-0.1, -0.05) is 11.6 Å². The van der Waals surface area contributed by atoms with Crippen LogP contribution in [-0.2, 0) is 9.59 Å². The number of halogens is 1. The van der Waals surface area contributed by atoms with E-state index in [9.17, 15) is 9.59 Å². The highest BCUT2D eigenvalue weighted by atomic mass is 35.5. The second-order valence-corrected chi connectivity index (χ2v) is 4.20. The number of methoxy groups -OCH3 is 1. The summed E-state index contributed by atoms with van der Waals surface area (Å²) < 4.78 is 5.01. The van der Waals surface area contributed by atoms with E-state index in [1.165, 1.54) is 7.11 Å². The SMILES string of the molecule is COc1ccc(NC(=O)C2CC(=O)NN2)cc1Cl. The second-order valence-electron chi connectivity index (χ2n) is 3.79. The zero-order chi connectivity index (χ0) is 13.1. The van der Waals surface area contributed by atoms with Crippen LogP contribution in [0.5, 0.6) is 5.75 Å². The number of nitrogens with one attached hydrogen (secondary N) is 3. The van der Waals surface area contributed by atoms with Gasteiger partial charge in [-0.15, -0.1) is 0 Å². The molecule has 1 aromatic carbocycles. The lowest BCUT2D eigenvalue weighted by Gasteiger charge is -2.11. The molecule has 96 valence electrons. The van der Waals surface area contributed by atoms with E-state index in [2.05, 4.69) is 16.2 Å². The number of amides is 2. The summed E-state index contributed by atoms with van der Waals surface area (Å²) in [5.74, 6) is 0.0306. The lowest BCUT2D eigenvalue weighted by molar-refractivity contribution is -0.121. The summed E-state index contributed by atoms with van der Waals surface area (Å²) >= 11 is 5.94. The van der Waals surface area contributed by atoms with E-state index < -0.39 is 6.04 Å². The second kappa shape index (κ2) is 5.24. The molecule has 0 aromatic heterocycles. The quantitative estimate of drug-likeness (QED) is 0.754. The van der Waals surface area contributed by atoms with Crippen LogP contribution in [0.1, 0.15) is 6.42 Å². The van der Waals surface area contributed by atoms with Crippen molar-refractivity contribution in [1.29, 1.82) is 0 Å². The fraction of sp³-hybridized carbons (Fsp3) is 0.273. The van der Waals surface area contributed by atoms with Gasteiger partial charge in [-0.3, -0.25) is 15.0 Å². The molecule has 0 radical (unpaired) electrons. The van der Waals surface area contributed by atoms with Crippen LogP contribution in [0, 0.1) is 0 Å². The van der Waals surface area contributed by atoms with Gasteiger partial charge in [0.05, 0.1) is 18.6 Å². The van der Waals surface area contributed by atoms with Gasteiger partial charge in [-0.25, -0.2) is 5.43 Å². The maximum Gasteiger partial charge on any atom is 0.243 e. The summed E-state index contributed by atoms with van der Waals surface area (Å²) in [6, 6.07) is 4.34. The summed E-state index contributed by atoms with van der Waals surface area (Å²) in [6.45, 7) is 0. The topological polar surface area (TPSA) is 79.5 Å². The molecule has 0 spiro atoms. The minimum atomic E-state index is -0.571. The molecule has 1 unspecified atom stereocenters. The summed E-state index contributed by atoms with van der Waals surface area (Å²) in [7, 11) is 1.51. The molecule has 0 saturated carbocycles. The van der Waals surface area contributed by atoms with Crippen LogP contribution in [0.25, 0.3) is 0 Å². The monoisotopic (exact) mass is 269 g/mol. The molecule has 1 aliphatic rings. The lowest BCUT2D eigenvalue weighted by Crippen LogP contribution is -2.39. The van der Waals surface area contributed by atoms with Crippen LogP contribution in [-0.4, -0.2) is 25.0 Å². The van der Waals surface area contributed by atoms with Gasteiger partial charge in [0.15, 0.2) is 0 Å². The lowest BCUT2D eigenvalue weighted by atomic mass is 10.2. The Morgan fingerprint density at radius 3 is 2.89 bits per heavy atom. The summed E-state index contributed by atoms with van der Waals surface area (Å²) in [4.78, 5) is 22.7. The summed E-state index contributed by atoms with van der Waals surface area (Å²) in [5, 5.41) is 3.07. The molecule has 1 saturated heterocycles. The Bertz CT molecular complexity index is 492. The highest BCUT2D eigenvalue weighted by Crippen LogP contribution is 2.27. The molecule has 7 heteroatoms. The highest BCUT2D eigenvalue weighted by Gasteiger charge is 2.27. The first kappa shape index (κ1) is 12.7. The molecule has 1 aromatic rings. The molecule has 0 aliphatic carbocycles. The van der Waals surface area contributed by atoms with Crippen LogP contribution in [0.3, 0.4) is 0 Å². The highest BCUT2D eigenvalue weighted by molar-refractivity contribution is 6.32. The minimum Gasteiger partial charge on any atom is -0.495 e. The maximum absolute atomic E-state index is 11.8. The third-order valence-corrected chi connectivity index (χ3v) is 2.81.